The molecule has 1 aromatic heterocycles. The van der Waals surface area contributed by atoms with Gasteiger partial charge in [-0.25, -0.2) is 14.3 Å². The zero-order chi connectivity index (χ0) is 19.2. The molecular weight excluding hydrogens is 368 g/mol. The lowest BCUT2D eigenvalue weighted by Crippen LogP contribution is -2.44. The number of nitrogens with one attached hydrogen (secondary N) is 3. The van der Waals surface area contributed by atoms with Crippen molar-refractivity contribution in [2.24, 2.45) is 0 Å². The maximum atomic E-state index is 12.3. The second kappa shape index (κ2) is 8.77. The van der Waals surface area contributed by atoms with Crippen LogP contribution >= 0.6 is 11.6 Å². The van der Waals surface area contributed by atoms with E-state index >= 15 is 0 Å². The predicted octanol–water partition coefficient (Wildman–Crippen LogP) is 3.55. The van der Waals surface area contributed by atoms with Crippen LogP contribution in [0, 0.1) is 0 Å². The average molecular weight is 391 g/mol. The molecule has 9 heteroatoms. The van der Waals surface area contributed by atoms with E-state index in [9.17, 15) is 9.59 Å². The quantitative estimate of drug-likeness (QED) is 0.745. The summed E-state index contributed by atoms with van der Waals surface area (Å²) in [5, 5.41) is 13.2. The molecule has 0 aliphatic carbocycles. The SMILES string of the molecule is CCNC(=O)N1CCC(n2nccc2NC(=O)Nc2ccccc2Cl)CC1. The molecule has 0 atom stereocenters. The normalized spacial score (nSPS) is 14.7. The fourth-order valence-electron chi connectivity index (χ4n) is 3.11. The van der Waals surface area contributed by atoms with Crippen LogP contribution in [0.2, 0.25) is 5.02 Å². The van der Waals surface area contributed by atoms with Gasteiger partial charge in [0.2, 0.25) is 0 Å². The van der Waals surface area contributed by atoms with Crippen molar-refractivity contribution in [1.29, 1.82) is 0 Å². The van der Waals surface area contributed by atoms with Gasteiger partial charge in [0.05, 0.1) is 22.9 Å². The van der Waals surface area contributed by atoms with Gasteiger partial charge in [-0.15, -0.1) is 0 Å². The fraction of sp³-hybridized carbons (Fsp3) is 0.389. The highest BCUT2D eigenvalue weighted by Crippen LogP contribution is 2.26. The van der Waals surface area contributed by atoms with Crippen LogP contribution in [0.15, 0.2) is 36.5 Å². The number of hydrogen-bond acceptors (Lipinski definition) is 3. The zero-order valence-corrected chi connectivity index (χ0v) is 15.9. The lowest BCUT2D eigenvalue weighted by molar-refractivity contribution is 0.169. The van der Waals surface area contributed by atoms with Crippen molar-refractivity contribution in [3.05, 3.63) is 41.6 Å². The van der Waals surface area contributed by atoms with Crippen LogP contribution in [0.1, 0.15) is 25.8 Å². The molecule has 27 heavy (non-hydrogen) atoms. The smallest absolute Gasteiger partial charge is 0.324 e. The number of carbonyl (C=O) groups excluding carboxylic acids is 2. The highest BCUT2D eigenvalue weighted by Gasteiger charge is 2.25. The van der Waals surface area contributed by atoms with E-state index < -0.39 is 0 Å². The van der Waals surface area contributed by atoms with Crippen LogP contribution in [0.3, 0.4) is 0 Å². The Morgan fingerprint density at radius 1 is 1.19 bits per heavy atom. The Labute approximate surface area is 162 Å². The molecule has 3 N–H and O–H groups in total. The highest BCUT2D eigenvalue weighted by molar-refractivity contribution is 6.33. The minimum absolute atomic E-state index is 0.0334. The predicted molar refractivity (Wildman–Crippen MR) is 105 cm³/mol. The summed E-state index contributed by atoms with van der Waals surface area (Å²) in [6, 6.07) is 8.50. The summed E-state index contributed by atoms with van der Waals surface area (Å²) >= 11 is 6.07. The summed E-state index contributed by atoms with van der Waals surface area (Å²) in [6.45, 7) is 3.83. The minimum Gasteiger partial charge on any atom is -0.338 e. The molecule has 3 rings (SSSR count). The second-order valence-electron chi connectivity index (χ2n) is 6.27. The Bertz CT molecular complexity index is 801. The van der Waals surface area contributed by atoms with Crippen molar-refractivity contribution >= 4 is 35.2 Å². The lowest BCUT2D eigenvalue weighted by Gasteiger charge is -2.32. The zero-order valence-electron chi connectivity index (χ0n) is 15.1. The number of hydrogen-bond donors (Lipinski definition) is 3. The van der Waals surface area contributed by atoms with E-state index in [0.717, 1.165) is 12.8 Å². The molecule has 2 heterocycles. The molecule has 4 amide bonds. The van der Waals surface area contributed by atoms with Crippen LogP contribution in [0.4, 0.5) is 21.1 Å². The van der Waals surface area contributed by atoms with Gasteiger partial charge in [0, 0.05) is 25.7 Å². The molecule has 8 nitrogen and oxygen atoms in total. The fourth-order valence-corrected chi connectivity index (χ4v) is 3.30. The van der Waals surface area contributed by atoms with E-state index in [4.69, 9.17) is 11.6 Å². The van der Waals surface area contributed by atoms with Crippen LogP contribution in [0.25, 0.3) is 0 Å². The van der Waals surface area contributed by atoms with Crippen molar-refractivity contribution in [3.8, 4) is 0 Å². The maximum absolute atomic E-state index is 12.3. The Morgan fingerprint density at radius 2 is 1.93 bits per heavy atom. The van der Waals surface area contributed by atoms with Crippen LogP contribution in [-0.2, 0) is 0 Å². The van der Waals surface area contributed by atoms with Crippen molar-refractivity contribution in [1.82, 2.24) is 20.0 Å². The second-order valence-corrected chi connectivity index (χ2v) is 6.68. The Kier molecular flexibility index (Phi) is 6.18. The largest absolute Gasteiger partial charge is 0.338 e. The number of para-hydroxylation sites is 1. The van der Waals surface area contributed by atoms with E-state index in [2.05, 4.69) is 21.0 Å². The summed E-state index contributed by atoms with van der Waals surface area (Å²) in [5.74, 6) is 0.607. The maximum Gasteiger partial charge on any atom is 0.324 e. The topological polar surface area (TPSA) is 91.3 Å². The number of rotatable bonds is 4. The van der Waals surface area contributed by atoms with Gasteiger partial charge < -0.3 is 15.5 Å². The monoisotopic (exact) mass is 390 g/mol. The van der Waals surface area contributed by atoms with Gasteiger partial charge in [-0.2, -0.15) is 5.10 Å². The minimum atomic E-state index is -0.385. The van der Waals surface area contributed by atoms with Crippen molar-refractivity contribution < 1.29 is 9.59 Å². The number of aromatic nitrogens is 2. The van der Waals surface area contributed by atoms with Gasteiger partial charge in [0.15, 0.2) is 0 Å². The lowest BCUT2D eigenvalue weighted by atomic mass is 10.1. The molecule has 1 fully saturated rings. The molecule has 1 aromatic carbocycles. The van der Waals surface area contributed by atoms with Crippen LogP contribution in [0.5, 0.6) is 0 Å². The van der Waals surface area contributed by atoms with E-state index in [-0.39, 0.29) is 18.1 Å². The third kappa shape index (κ3) is 4.71. The molecule has 0 spiro atoms. The molecular formula is C18H23ClN6O2. The summed E-state index contributed by atoms with van der Waals surface area (Å²) in [5.41, 5.74) is 0.540. The molecule has 144 valence electrons. The molecule has 0 bridgehead atoms. The van der Waals surface area contributed by atoms with E-state index in [1.165, 1.54) is 0 Å². The molecule has 0 unspecified atom stereocenters. The summed E-state index contributed by atoms with van der Waals surface area (Å²) < 4.78 is 1.81. The third-order valence-electron chi connectivity index (χ3n) is 4.46. The Hall–Kier alpha value is -2.74. The average Bonchev–Trinajstić information content (AvgIpc) is 3.12. The number of piperidine rings is 1. The Morgan fingerprint density at radius 3 is 2.63 bits per heavy atom. The van der Waals surface area contributed by atoms with Gasteiger partial charge in [-0.3, -0.25) is 5.32 Å². The highest BCUT2D eigenvalue weighted by atomic mass is 35.5. The Balaban J connectivity index is 1.59. The first-order valence-electron chi connectivity index (χ1n) is 8.97. The van der Waals surface area contributed by atoms with Gasteiger partial charge in [0.1, 0.15) is 5.82 Å². The first-order chi connectivity index (χ1) is 13.1. The third-order valence-corrected chi connectivity index (χ3v) is 4.79. The summed E-state index contributed by atoms with van der Waals surface area (Å²) in [4.78, 5) is 26.0. The van der Waals surface area contributed by atoms with E-state index in [1.54, 1.807) is 46.1 Å². The number of nitrogens with zero attached hydrogens (tertiary/aromatic N) is 3. The number of urea groups is 2. The van der Waals surface area contributed by atoms with Crippen LogP contribution in [-0.4, -0.2) is 46.4 Å². The first kappa shape index (κ1) is 19.0. The first-order valence-corrected chi connectivity index (χ1v) is 9.35. The summed E-state index contributed by atoms with van der Waals surface area (Å²) in [6.07, 6.45) is 3.21. The number of carbonyl (C=O) groups is 2. The number of benzene rings is 1. The molecule has 1 saturated heterocycles. The van der Waals surface area contributed by atoms with Gasteiger partial charge in [0.25, 0.3) is 0 Å². The van der Waals surface area contributed by atoms with Crippen molar-refractivity contribution in [2.45, 2.75) is 25.8 Å². The standard InChI is InChI=1S/C18H23ClN6O2/c1-2-20-18(27)24-11-8-13(9-12-24)25-16(7-10-21-25)23-17(26)22-15-6-4-3-5-14(15)19/h3-7,10,13H,2,8-9,11-12H2,1H3,(H,20,27)(H2,22,23,26). The number of amides is 4. The van der Waals surface area contributed by atoms with Crippen molar-refractivity contribution in [3.63, 3.8) is 0 Å². The van der Waals surface area contributed by atoms with Gasteiger partial charge in [-0.1, -0.05) is 23.7 Å². The number of likely N-dealkylation sites (tertiary alicyclic amines) is 1. The molecule has 2 aromatic rings. The van der Waals surface area contributed by atoms with Crippen molar-refractivity contribution in [2.75, 3.05) is 30.3 Å². The van der Waals surface area contributed by atoms with Gasteiger partial charge >= 0.3 is 12.1 Å². The number of anilines is 2. The number of halogens is 1. The molecule has 0 saturated carbocycles. The van der Waals surface area contributed by atoms with E-state index in [0.29, 0.717) is 36.2 Å². The molecule has 0 radical (unpaired) electrons. The van der Waals surface area contributed by atoms with Crippen LogP contribution < -0.4 is 16.0 Å². The van der Waals surface area contributed by atoms with Gasteiger partial charge in [-0.05, 0) is 31.9 Å². The summed E-state index contributed by atoms with van der Waals surface area (Å²) in [7, 11) is 0. The molecule has 1 aliphatic heterocycles. The van der Waals surface area contributed by atoms with E-state index in [1.807, 2.05) is 6.92 Å². The molecule has 1 aliphatic rings.